The largest absolute Gasteiger partial charge is 0.488 e. The summed E-state index contributed by atoms with van der Waals surface area (Å²) in [5, 5.41) is 0. The molecule has 0 bridgehead atoms. The first-order valence-corrected chi connectivity index (χ1v) is 9.76. The lowest BCUT2D eigenvalue weighted by Crippen LogP contribution is -2.47. The lowest BCUT2D eigenvalue weighted by Gasteiger charge is -2.36. The number of amides is 1. The number of benzene rings is 2. The first kappa shape index (κ1) is 18.9. The summed E-state index contributed by atoms with van der Waals surface area (Å²) in [5.74, 6) is 0.694. The second kappa shape index (κ2) is 8.69. The van der Waals surface area contributed by atoms with E-state index >= 15 is 0 Å². The van der Waals surface area contributed by atoms with Gasteiger partial charge >= 0.3 is 0 Å². The third-order valence-corrected chi connectivity index (χ3v) is 5.65. The van der Waals surface area contributed by atoms with E-state index in [1.54, 1.807) is 0 Å². The summed E-state index contributed by atoms with van der Waals surface area (Å²) in [6.07, 6.45) is 2.17. The van der Waals surface area contributed by atoms with Crippen LogP contribution in [-0.2, 0) is 6.61 Å². The lowest BCUT2D eigenvalue weighted by atomic mass is 10.0. The number of likely N-dealkylation sites (N-methyl/N-ethyl adjacent to an activating group) is 1. The quantitative estimate of drug-likeness (QED) is 0.732. The van der Waals surface area contributed by atoms with Gasteiger partial charge in [0.15, 0.2) is 0 Å². The molecule has 1 saturated heterocycles. The molecule has 1 aliphatic heterocycles. The molecule has 1 fully saturated rings. The Bertz CT molecular complexity index is 763. The van der Waals surface area contributed by atoms with Crippen molar-refractivity contribution >= 4 is 21.8 Å². The maximum atomic E-state index is 13.1. The second-order valence-corrected chi connectivity index (χ2v) is 7.74. The number of carbonyl (C=O) groups is 1. The monoisotopic (exact) mass is 416 g/mol. The van der Waals surface area contributed by atoms with Gasteiger partial charge in [0.25, 0.3) is 5.91 Å². The summed E-state index contributed by atoms with van der Waals surface area (Å²) in [7, 11) is 4.15. The van der Waals surface area contributed by atoms with E-state index in [9.17, 15) is 4.79 Å². The van der Waals surface area contributed by atoms with Crippen molar-refractivity contribution < 1.29 is 9.53 Å². The maximum Gasteiger partial charge on any atom is 0.257 e. The predicted octanol–water partition coefficient (Wildman–Crippen LogP) is 4.19. The molecule has 3 rings (SSSR count). The molecular weight excluding hydrogens is 392 g/mol. The van der Waals surface area contributed by atoms with Crippen molar-refractivity contribution in [1.29, 1.82) is 0 Å². The molecule has 0 aliphatic carbocycles. The average molecular weight is 417 g/mol. The van der Waals surface area contributed by atoms with Crippen LogP contribution in [0.5, 0.6) is 5.75 Å². The van der Waals surface area contributed by atoms with Crippen molar-refractivity contribution in [2.45, 2.75) is 25.5 Å². The Labute approximate surface area is 163 Å². The van der Waals surface area contributed by atoms with Crippen LogP contribution in [0.3, 0.4) is 0 Å². The molecule has 26 heavy (non-hydrogen) atoms. The Morgan fingerprint density at radius 2 is 1.92 bits per heavy atom. The van der Waals surface area contributed by atoms with E-state index in [2.05, 4.69) is 34.9 Å². The highest BCUT2D eigenvalue weighted by molar-refractivity contribution is 9.10. The fourth-order valence-corrected chi connectivity index (χ4v) is 3.67. The van der Waals surface area contributed by atoms with Crippen molar-refractivity contribution in [3.8, 4) is 5.75 Å². The van der Waals surface area contributed by atoms with Crippen LogP contribution in [0.4, 0.5) is 0 Å². The molecule has 1 unspecified atom stereocenters. The molecule has 1 heterocycles. The summed E-state index contributed by atoms with van der Waals surface area (Å²) in [5.41, 5.74) is 1.69. The minimum absolute atomic E-state index is 0.0549. The van der Waals surface area contributed by atoms with Gasteiger partial charge in [-0.25, -0.2) is 0 Å². The Hall–Kier alpha value is -1.85. The minimum atomic E-state index is 0.0549. The number of hydrogen-bond acceptors (Lipinski definition) is 3. The number of ether oxygens (including phenoxy) is 1. The Morgan fingerprint density at radius 1 is 1.19 bits per heavy atom. The van der Waals surface area contributed by atoms with Gasteiger partial charge in [-0.05, 0) is 45.1 Å². The van der Waals surface area contributed by atoms with Crippen LogP contribution in [0, 0.1) is 0 Å². The first-order valence-electron chi connectivity index (χ1n) is 8.97. The lowest BCUT2D eigenvalue weighted by molar-refractivity contribution is 0.0630. The van der Waals surface area contributed by atoms with Crippen molar-refractivity contribution in [2.24, 2.45) is 0 Å². The first-order chi connectivity index (χ1) is 12.6. The number of carbonyl (C=O) groups excluding carboxylic acids is 1. The summed E-state index contributed by atoms with van der Waals surface area (Å²) in [6, 6.07) is 15.9. The number of nitrogens with zero attached hydrogens (tertiary/aromatic N) is 2. The van der Waals surface area contributed by atoms with E-state index in [1.165, 1.54) is 0 Å². The van der Waals surface area contributed by atoms with Gasteiger partial charge in [-0.3, -0.25) is 4.79 Å². The molecule has 1 amide bonds. The smallest absolute Gasteiger partial charge is 0.257 e. The molecular formula is C21H25BrN2O2. The molecule has 0 spiro atoms. The minimum Gasteiger partial charge on any atom is -0.488 e. The molecule has 138 valence electrons. The van der Waals surface area contributed by atoms with Crippen LogP contribution >= 0.6 is 15.9 Å². The molecule has 0 aromatic heterocycles. The number of halogens is 1. The average Bonchev–Trinajstić information content (AvgIpc) is 2.67. The Morgan fingerprint density at radius 3 is 2.69 bits per heavy atom. The highest BCUT2D eigenvalue weighted by atomic mass is 79.9. The van der Waals surface area contributed by atoms with Gasteiger partial charge in [0.05, 0.1) is 5.56 Å². The van der Waals surface area contributed by atoms with Crippen LogP contribution in [0.2, 0.25) is 0 Å². The topological polar surface area (TPSA) is 32.8 Å². The molecule has 0 N–H and O–H groups in total. The van der Waals surface area contributed by atoms with Gasteiger partial charge in [-0.1, -0.05) is 46.3 Å². The second-order valence-electron chi connectivity index (χ2n) is 6.89. The number of piperidine rings is 1. The van der Waals surface area contributed by atoms with Gasteiger partial charge in [0.1, 0.15) is 12.4 Å². The van der Waals surface area contributed by atoms with E-state index < -0.39 is 0 Å². The molecule has 4 nitrogen and oxygen atoms in total. The number of para-hydroxylation sites is 1. The normalized spacial score (nSPS) is 17.4. The third kappa shape index (κ3) is 4.46. The standard InChI is InChI=1S/C21H25BrN2O2/c1-23(2)17-9-7-13-24(14-17)21(25)18-10-4-6-12-20(18)26-15-16-8-3-5-11-19(16)22/h3-6,8,10-12,17H,7,9,13-15H2,1-2H3. The molecule has 0 radical (unpaired) electrons. The van der Waals surface area contributed by atoms with Gasteiger partial charge in [-0.2, -0.15) is 0 Å². The number of likely N-dealkylation sites (tertiary alicyclic amines) is 1. The molecule has 2 aromatic rings. The molecule has 0 saturated carbocycles. The molecule has 1 aliphatic rings. The zero-order valence-electron chi connectivity index (χ0n) is 15.3. The van der Waals surface area contributed by atoms with Crippen LogP contribution in [-0.4, -0.2) is 48.9 Å². The van der Waals surface area contributed by atoms with Crippen molar-refractivity contribution in [3.05, 3.63) is 64.1 Å². The Kier molecular flexibility index (Phi) is 6.33. The zero-order chi connectivity index (χ0) is 18.5. The van der Waals surface area contributed by atoms with Gasteiger partial charge in [0.2, 0.25) is 0 Å². The fraction of sp³-hybridized carbons (Fsp3) is 0.381. The van der Waals surface area contributed by atoms with Crippen molar-refractivity contribution in [3.63, 3.8) is 0 Å². The molecule has 2 aromatic carbocycles. The van der Waals surface area contributed by atoms with E-state index in [1.807, 2.05) is 53.4 Å². The number of rotatable bonds is 5. The fourth-order valence-electron chi connectivity index (χ4n) is 3.27. The summed E-state index contributed by atoms with van der Waals surface area (Å²) >= 11 is 3.54. The maximum absolute atomic E-state index is 13.1. The third-order valence-electron chi connectivity index (χ3n) is 4.87. The van der Waals surface area contributed by atoms with Crippen LogP contribution < -0.4 is 4.74 Å². The molecule has 1 atom stereocenters. The van der Waals surface area contributed by atoms with Crippen molar-refractivity contribution in [1.82, 2.24) is 9.80 Å². The van der Waals surface area contributed by atoms with Crippen LogP contribution in [0.25, 0.3) is 0 Å². The van der Waals surface area contributed by atoms with Crippen LogP contribution in [0.15, 0.2) is 53.0 Å². The predicted molar refractivity (Wildman–Crippen MR) is 108 cm³/mol. The highest BCUT2D eigenvalue weighted by Gasteiger charge is 2.27. The zero-order valence-corrected chi connectivity index (χ0v) is 16.9. The van der Waals surface area contributed by atoms with E-state index in [4.69, 9.17) is 4.74 Å². The highest BCUT2D eigenvalue weighted by Crippen LogP contribution is 2.25. The molecule has 5 heteroatoms. The van der Waals surface area contributed by atoms with E-state index in [-0.39, 0.29) is 5.91 Å². The van der Waals surface area contributed by atoms with Crippen LogP contribution in [0.1, 0.15) is 28.8 Å². The SMILES string of the molecule is CN(C)C1CCCN(C(=O)c2ccccc2OCc2ccccc2Br)C1. The summed E-state index contributed by atoms with van der Waals surface area (Å²) in [4.78, 5) is 17.2. The van der Waals surface area contributed by atoms with Gasteiger partial charge in [-0.15, -0.1) is 0 Å². The summed E-state index contributed by atoms with van der Waals surface area (Å²) in [6.45, 7) is 2.00. The van der Waals surface area contributed by atoms with E-state index in [0.717, 1.165) is 36.0 Å². The van der Waals surface area contributed by atoms with Crippen molar-refractivity contribution in [2.75, 3.05) is 27.2 Å². The van der Waals surface area contributed by atoms with Gasteiger partial charge in [0, 0.05) is 29.2 Å². The Balaban J connectivity index is 1.74. The van der Waals surface area contributed by atoms with E-state index in [0.29, 0.717) is 24.0 Å². The number of hydrogen-bond donors (Lipinski definition) is 0. The van der Waals surface area contributed by atoms with Gasteiger partial charge < -0.3 is 14.5 Å². The summed E-state index contributed by atoms with van der Waals surface area (Å²) < 4.78 is 7.01.